The number of hydrogen-bond acceptors (Lipinski definition) is 5. The number of nitrogens with one attached hydrogen (secondary N) is 1. The zero-order valence-electron chi connectivity index (χ0n) is 15.6. The van der Waals surface area contributed by atoms with Crippen LogP contribution >= 0.6 is 22.9 Å². The average Bonchev–Trinajstić information content (AvgIpc) is 3.22. The Labute approximate surface area is 177 Å². The molecule has 0 fully saturated rings. The Hall–Kier alpha value is -2.70. The van der Waals surface area contributed by atoms with Gasteiger partial charge < -0.3 is 19.7 Å². The Balaban J connectivity index is 1.40. The van der Waals surface area contributed by atoms with Crippen molar-refractivity contribution in [3.63, 3.8) is 0 Å². The molecule has 0 aliphatic carbocycles. The van der Waals surface area contributed by atoms with Gasteiger partial charge in [0.05, 0.1) is 16.4 Å². The van der Waals surface area contributed by atoms with Gasteiger partial charge in [-0.15, -0.1) is 11.3 Å². The van der Waals surface area contributed by atoms with Crippen LogP contribution in [0, 0.1) is 0 Å². The van der Waals surface area contributed by atoms with Gasteiger partial charge in [0.25, 0.3) is 5.91 Å². The molecule has 0 atom stereocenters. The molecule has 2 aliphatic heterocycles. The highest BCUT2D eigenvalue weighted by Gasteiger charge is 2.22. The number of anilines is 2. The molecule has 5 rings (SSSR count). The first kappa shape index (κ1) is 18.3. The molecular weight excluding hydrogens is 408 g/mol. The number of benzene rings is 2. The van der Waals surface area contributed by atoms with Gasteiger partial charge in [0.1, 0.15) is 13.2 Å². The molecule has 3 heterocycles. The van der Waals surface area contributed by atoms with E-state index in [1.54, 1.807) is 12.1 Å². The normalized spacial score (nSPS) is 15.0. The number of fused-ring (bicyclic) bond motifs is 2. The van der Waals surface area contributed by atoms with Crippen molar-refractivity contribution in [2.24, 2.45) is 0 Å². The lowest BCUT2D eigenvalue weighted by Gasteiger charge is -2.30. The Kier molecular flexibility index (Phi) is 4.81. The number of para-hydroxylation sites is 2. The fourth-order valence-corrected chi connectivity index (χ4v) is 4.90. The number of amides is 1. The molecule has 2 aliphatic rings. The first-order chi connectivity index (χ1) is 14.2. The predicted molar refractivity (Wildman–Crippen MR) is 116 cm³/mol. The maximum atomic E-state index is 13.0. The molecule has 0 unspecified atom stereocenters. The SMILES string of the molecule is O=C(Nc1ccccc1N1CCc2sccc2C1)c1cc(Cl)c2c(c1)OCCO2. The number of carbonyl (C=O) groups excluding carboxylic acids is 1. The average molecular weight is 427 g/mol. The molecule has 29 heavy (non-hydrogen) atoms. The highest BCUT2D eigenvalue weighted by atomic mass is 35.5. The first-order valence-electron chi connectivity index (χ1n) is 9.49. The van der Waals surface area contributed by atoms with Crippen LogP contribution in [0.3, 0.4) is 0 Å². The summed E-state index contributed by atoms with van der Waals surface area (Å²) in [6.45, 7) is 2.67. The van der Waals surface area contributed by atoms with Gasteiger partial charge in [-0.1, -0.05) is 23.7 Å². The Morgan fingerprint density at radius 3 is 2.93 bits per heavy atom. The molecular formula is C22H19ClN2O3S. The van der Waals surface area contributed by atoms with Crippen molar-refractivity contribution in [2.45, 2.75) is 13.0 Å². The summed E-state index contributed by atoms with van der Waals surface area (Å²) in [5, 5.41) is 5.57. The van der Waals surface area contributed by atoms with Gasteiger partial charge in [-0.05, 0) is 47.7 Å². The third kappa shape index (κ3) is 3.54. The number of halogens is 1. The maximum Gasteiger partial charge on any atom is 0.255 e. The van der Waals surface area contributed by atoms with Gasteiger partial charge in [0.15, 0.2) is 11.5 Å². The summed E-state index contributed by atoms with van der Waals surface area (Å²) in [6.07, 6.45) is 1.02. The van der Waals surface area contributed by atoms with Gasteiger partial charge in [-0.25, -0.2) is 0 Å². The topological polar surface area (TPSA) is 50.8 Å². The molecule has 3 aromatic rings. The van der Waals surface area contributed by atoms with Gasteiger partial charge in [-0.3, -0.25) is 4.79 Å². The van der Waals surface area contributed by atoms with E-state index in [0.717, 1.165) is 30.9 Å². The van der Waals surface area contributed by atoms with E-state index < -0.39 is 0 Å². The van der Waals surface area contributed by atoms with Crippen LogP contribution in [0.5, 0.6) is 11.5 Å². The second-order valence-electron chi connectivity index (χ2n) is 6.99. The van der Waals surface area contributed by atoms with E-state index in [4.69, 9.17) is 21.1 Å². The lowest BCUT2D eigenvalue weighted by atomic mass is 10.1. The van der Waals surface area contributed by atoms with E-state index in [0.29, 0.717) is 35.3 Å². The minimum atomic E-state index is -0.232. The summed E-state index contributed by atoms with van der Waals surface area (Å²) in [7, 11) is 0. The minimum absolute atomic E-state index is 0.232. The van der Waals surface area contributed by atoms with E-state index in [-0.39, 0.29) is 5.91 Å². The molecule has 0 bridgehead atoms. The van der Waals surface area contributed by atoms with Crippen molar-refractivity contribution in [3.8, 4) is 11.5 Å². The van der Waals surface area contributed by atoms with Crippen LogP contribution in [0.25, 0.3) is 0 Å². The first-order valence-corrected chi connectivity index (χ1v) is 10.7. The quantitative estimate of drug-likeness (QED) is 0.641. The third-order valence-corrected chi connectivity index (χ3v) is 6.46. The predicted octanol–water partition coefficient (Wildman–Crippen LogP) is 4.99. The van der Waals surface area contributed by atoms with Crippen molar-refractivity contribution in [1.82, 2.24) is 0 Å². The van der Waals surface area contributed by atoms with Crippen LogP contribution in [-0.2, 0) is 13.0 Å². The standard InChI is InChI=1S/C22H19ClN2O3S/c23-16-11-15(12-19-21(16)28-9-8-27-19)22(26)24-17-3-1-2-4-18(17)25-7-5-20-14(13-25)6-10-29-20/h1-4,6,10-12H,5,7-9,13H2,(H,24,26). The summed E-state index contributed by atoms with van der Waals surface area (Å²) >= 11 is 8.11. The number of nitrogens with zero attached hydrogens (tertiary/aromatic N) is 1. The van der Waals surface area contributed by atoms with E-state index in [2.05, 4.69) is 21.7 Å². The van der Waals surface area contributed by atoms with Gasteiger partial charge in [0, 0.05) is 23.5 Å². The number of carbonyl (C=O) groups is 1. The summed E-state index contributed by atoms with van der Waals surface area (Å²) in [5.41, 5.74) is 3.59. The maximum absolute atomic E-state index is 13.0. The van der Waals surface area contributed by atoms with Crippen LogP contribution in [0.15, 0.2) is 47.8 Å². The molecule has 5 nitrogen and oxygen atoms in total. The van der Waals surface area contributed by atoms with Gasteiger partial charge in [0.2, 0.25) is 0 Å². The second-order valence-corrected chi connectivity index (χ2v) is 8.40. The van der Waals surface area contributed by atoms with Crippen molar-refractivity contribution < 1.29 is 14.3 Å². The lowest BCUT2D eigenvalue weighted by Crippen LogP contribution is -2.30. The molecule has 1 aromatic heterocycles. The monoisotopic (exact) mass is 426 g/mol. The Bertz CT molecular complexity index is 1080. The van der Waals surface area contributed by atoms with Gasteiger partial charge >= 0.3 is 0 Å². The van der Waals surface area contributed by atoms with Crippen molar-refractivity contribution in [1.29, 1.82) is 0 Å². The largest absolute Gasteiger partial charge is 0.486 e. The molecule has 2 aromatic carbocycles. The highest BCUT2D eigenvalue weighted by Crippen LogP contribution is 2.39. The number of thiophene rings is 1. The van der Waals surface area contributed by atoms with Crippen molar-refractivity contribution >= 4 is 40.2 Å². The zero-order valence-corrected chi connectivity index (χ0v) is 17.2. The van der Waals surface area contributed by atoms with E-state index in [9.17, 15) is 4.79 Å². The fraction of sp³-hybridized carbons (Fsp3) is 0.227. The summed E-state index contributed by atoms with van der Waals surface area (Å²) in [4.78, 5) is 16.7. The highest BCUT2D eigenvalue weighted by molar-refractivity contribution is 7.10. The van der Waals surface area contributed by atoms with E-state index >= 15 is 0 Å². The van der Waals surface area contributed by atoms with Crippen molar-refractivity contribution in [2.75, 3.05) is 30.0 Å². The fourth-order valence-electron chi connectivity index (χ4n) is 3.75. The van der Waals surface area contributed by atoms with Crippen LogP contribution in [0.1, 0.15) is 20.8 Å². The molecule has 0 saturated carbocycles. The summed E-state index contributed by atoms with van der Waals surface area (Å²) in [5.74, 6) is 0.766. The zero-order chi connectivity index (χ0) is 19.8. The molecule has 0 saturated heterocycles. The minimum Gasteiger partial charge on any atom is -0.486 e. The molecule has 0 radical (unpaired) electrons. The number of hydrogen-bond donors (Lipinski definition) is 1. The van der Waals surface area contributed by atoms with Crippen LogP contribution in [0.2, 0.25) is 5.02 Å². The van der Waals surface area contributed by atoms with Crippen LogP contribution in [0.4, 0.5) is 11.4 Å². The number of ether oxygens (including phenoxy) is 2. The van der Waals surface area contributed by atoms with E-state index in [1.807, 2.05) is 35.6 Å². The Morgan fingerprint density at radius 2 is 2.00 bits per heavy atom. The lowest BCUT2D eigenvalue weighted by molar-refractivity contribution is 0.102. The Morgan fingerprint density at radius 1 is 1.14 bits per heavy atom. The van der Waals surface area contributed by atoms with Crippen LogP contribution < -0.4 is 19.7 Å². The second kappa shape index (κ2) is 7.61. The molecule has 148 valence electrons. The molecule has 7 heteroatoms. The molecule has 0 spiro atoms. The molecule has 1 amide bonds. The number of rotatable bonds is 3. The van der Waals surface area contributed by atoms with E-state index in [1.165, 1.54) is 10.4 Å². The van der Waals surface area contributed by atoms with Gasteiger partial charge in [-0.2, -0.15) is 0 Å². The third-order valence-electron chi connectivity index (χ3n) is 5.16. The molecule has 1 N–H and O–H groups in total. The van der Waals surface area contributed by atoms with Crippen molar-refractivity contribution in [3.05, 3.63) is 68.9 Å². The summed E-state index contributed by atoms with van der Waals surface area (Å²) < 4.78 is 11.1. The summed E-state index contributed by atoms with van der Waals surface area (Å²) in [6, 6.07) is 13.4. The smallest absolute Gasteiger partial charge is 0.255 e. The van der Waals surface area contributed by atoms with Crippen LogP contribution in [-0.4, -0.2) is 25.7 Å².